The predicted molar refractivity (Wildman–Crippen MR) is 137 cm³/mol. The Hall–Kier alpha value is -2.92. The molecule has 0 bridgehead atoms. The number of rotatable bonds is 6. The molecule has 2 aromatic rings. The summed E-state index contributed by atoms with van der Waals surface area (Å²) < 4.78 is 1.01. The van der Waals surface area contributed by atoms with E-state index in [0.29, 0.717) is 17.8 Å². The topological polar surface area (TPSA) is 102 Å². The van der Waals surface area contributed by atoms with Crippen molar-refractivity contribution in [1.29, 1.82) is 5.26 Å². The Labute approximate surface area is 210 Å². The standard InChI is InChI=1S/C27H34N4O3S/c1-7-16(13-28)29-24(33)21-20-17(27(20,5)6)14-31(21)25(34)22(26(2,3)4)30-23(32)19-12-15-10-8-9-11-18(15)35-19/h8-12,16-17,20-22H,7,14H2,1-6H3,(H,29,33)(H,30,32)/t16-,17-,20-,21-,22+/m0/s1. The highest BCUT2D eigenvalue weighted by molar-refractivity contribution is 7.20. The molecule has 2 N–H and O–H groups in total. The van der Waals surface area contributed by atoms with E-state index in [-0.39, 0.29) is 35.0 Å². The zero-order chi connectivity index (χ0) is 25.7. The second-order valence-electron chi connectivity index (χ2n) is 11.4. The molecule has 7 nitrogen and oxygen atoms in total. The number of thiophene rings is 1. The molecule has 1 aromatic carbocycles. The molecular formula is C27H34N4O3S. The van der Waals surface area contributed by atoms with Crippen LogP contribution in [0.2, 0.25) is 0 Å². The van der Waals surface area contributed by atoms with Crippen molar-refractivity contribution in [1.82, 2.24) is 15.5 Å². The van der Waals surface area contributed by atoms with Crippen LogP contribution in [0.1, 0.15) is 57.6 Å². The van der Waals surface area contributed by atoms with Gasteiger partial charge in [0.25, 0.3) is 5.91 Å². The average Bonchev–Trinajstić information content (AvgIpc) is 3.19. The molecule has 0 spiro atoms. The fourth-order valence-electron chi connectivity index (χ4n) is 5.41. The molecule has 2 aliphatic rings. The van der Waals surface area contributed by atoms with Gasteiger partial charge in [-0.1, -0.05) is 59.7 Å². The second kappa shape index (κ2) is 8.94. The number of amides is 3. The summed E-state index contributed by atoms with van der Waals surface area (Å²) in [4.78, 5) is 42.6. The Kier molecular flexibility index (Phi) is 6.43. The molecule has 1 saturated carbocycles. The predicted octanol–water partition coefficient (Wildman–Crippen LogP) is 3.95. The molecule has 0 unspecified atom stereocenters. The number of nitrogens with zero attached hydrogens (tertiary/aromatic N) is 2. The third kappa shape index (κ3) is 4.54. The summed E-state index contributed by atoms with van der Waals surface area (Å²) in [6.45, 7) is 12.3. The monoisotopic (exact) mass is 494 g/mol. The van der Waals surface area contributed by atoms with Crippen molar-refractivity contribution in [3.05, 3.63) is 35.2 Å². The average molecular weight is 495 g/mol. The van der Waals surface area contributed by atoms with E-state index in [2.05, 4.69) is 30.6 Å². The van der Waals surface area contributed by atoms with E-state index < -0.39 is 23.5 Å². The van der Waals surface area contributed by atoms with Gasteiger partial charge in [0, 0.05) is 11.2 Å². The van der Waals surface area contributed by atoms with Gasteiger partial charge in [-0.25, -0.2) is 0 Å². The molecule has 8 heteroatoms. The van der Waals surface area contributed by atoms with Crippen molar-refractivity contribution in [3.8, 4) is 6.07 Å². The van der Waals surface area contributed by atoms with Crippen LogP contribution in [-0.2, 0) is 9.59 Å². The van der Waals surface area contributed by atoms with E-state index in [9.17, 15) is 19.6 Å². The molecular weight excluding hydrogens is 460 g/mol. The highest BCUT2D eigenvalue weighted by Gasteiger charge is 2.69. The Morgan fingerprint density at radius 2 is 1.91 bits per heavy atom. The fraction of sp³-hybridized carbons (Fsp3) is 0.556. The Morgan fingerprint density at radius 1 is 1.23 bits per heavy atom. The molecule has 5 atom stereocenters. The number of benzene rings is 1. The minimum absolute atomic E-state index is 0.0370. The lowest BCUT2D eigenvalue weighted by Crippen LogP contribution is -2.59. The number of hydrogen-bond acceptors (Lipinski definition) is 5. The van der Waals surface area contributed by atoms with E-state index in [1.165, 1.54) is 11.3 Å². The third-order valence-electron chi connectivity index (χ3n) is 7.68. The highest BCUT2D eigenvalue weighted by atomic mass is 32.1. The smallest absolute Gasteiger partial charge is 0.262 e. The SMILES string of the molecule is CC[C@@H](C#N)NC(=O)[C@@H]1[C@@H]2[C@H](CN1C(=O)[C@@H](NC(=O)c1cc3ccccc3s1)C(C)(C)C)C2(C)C. The zero-order valence-corrected chi connectivity index (χ0v) is 22.0. The Balaban J connectivity index is 1.58. The zero-order valence-electron chi connectivity index (χ0n) is 21.2. The first-order chi connectivity index (χ1) is 16.4. The van der Waals surface area contributed by atoms with E-state index in [1.54, 1.807) is 4.90 Å². The molecule has 4 rings (SSSR count). The summed E-state index contributed by atoms with van der Waals surface area (Å²) in [5, 5.41) is 16.1. The maximum atomic E-state index is 13.9. The molecule has 1 aromatic heterocycles. The van der Waals surface area contributed by atoms with Gasteiger partial charge < -0.3 is 15.5 Å². The van der Waals surface area contributed by atoms with Gasteiger partial charge in [-0.05, 0) is 46.6 Å². The summed E-state index contributed by atoms with van der Waals surface area (Å²) in [6.07, 6.45) is 0.496. The van der Waals surface area contributed by atoms with Crippen molar-refractivity contribution in [3.63, 3.8) is 0 Å². The van der Waals surface area contributed by atoms with Gasteiger partial charge in [0.05, 0.1) is 10.9 Å². The lowest BCUT2D eigenvalue weighted by molar-refractivity contribution is -0.143. The highest BCUT2D eigenvalue weighted by Crippen LogP contribution is 2.65. The van der Waals surface area contributed by atoms with Crippen molar-refractivity contribution < 1.29 is 14.4 Å². The Morgan fingerprint density at radius 3 is 2.51 bits per heavy atom. The van der Waals surface area contributed by atoms with E-state index in [1.807, 2.05) is 58.0 Å². The van der Waals surface area contributed by atoms with E-state index in [0.717, 1.165) is 10.1 Å². The van der Waals surface area contributed by atoms with Crippen LogP contribution in [0.15, 0.2) is 30.3 Å². The molecule has 2 heterocycles. The number of nitrogens with one attached hydrogen (secondary N) is 2. The van der Waals surface area contributed by atoms with Crippen LogP contribution in [0.25, 0.3) is 10.1 Å². The molecule has 35 heavy (non-hydrogen) atoms. The van der Waals surface area contributed by atoms with Gasteiger partial charge in [-0.15, -0.1) is 11.3 Å². The van der Waals surface area contributed by atoms with Crippen LogP contribution in [-0.4, -0.2) is 47.3 Å². The number of carbonyl (C=O) groups excluding carboxylic acids is 3. The summed E-state index contributed by atoms with van der Waals surface area (Å²) >= 11 is 1.39. The number of fused-ring (bicyclic) bond motifs is 2. The molecule has 2 fully saturated rings. The molecule has 0 radical (unpaired) electrons. The summed E-state index contributed by atoms with van der Waals surface area (Å²) in [5.41, 5.74) is -0.601. The number of hydrogen-bond donors (Lipinski definition) is 2. The van der Waals surface area contributed by atoms with Crippen LogP contribution in [0.4, 0.5) is 0 Å². The Bertz CT molecular complexity index is 1170. The van der Waals surface area contributed by atoms with Crippen molar-refractivity contribution >= 4 is 39.1 Å². The van der Waals surface area contributed by atoms with Gasteiger partial charge in [0.15, 0.2) is 0 Å². The molecule has 1 aliphatic heterocycles. The normalized spacial score (nSPS) is 24.3. The van der Waals surface area contributed by atoms with Crippen LogP contribution in [0, 0.1) is 34.0 Å². The molecule has 186 valence electrons. The first kappa shape index (κ1) is 25.2. The summed E-state index contributed by atoms with van der Waals surface area (Å²) in [7, 11) is 0. The second-order valence-corrected chi connectivity index (χ2v) is 12.5. The fourth-order valence-corrected chi connectivity index (χ4v) is 6.37. The maximum absolute atomic E-state index is 13.9. The minimum atomic E-state index is -0.797. The largest absolute Gasteiger partial charge is 0.339 e. The van der Waals surface area contributed by atoms with Crippen LogP contribution >= 0.6 is 11.3 Å². The van der Waals surface area contributed by atoms with Gasteiger partial charge in [-0.3, -0.25) is 14.4 Å². The van der Waals surface area contributed by atoms with E-state index >= 15 is 0 Å². The van der Waals surface area contributed by atoms with Gasteiger partial charge >= 0.3 is 0 Å². The summed E-state index contributed by atoms with van der Waals surface area (Å²) in [6, 6.07) is 9.71. The third-order valence-corrected chi connectivity index (χ3v) is 8.79. The maximum Gasteiger partial charge on any atom is 0.262 e. The molecule has 1 aliphatic carbocycles. The van der Waals surface area contributed by atoms with E-state index in [4.69, 9.17) is 0 Å². The van der Waals surface area contributed by atoms with Crippen LogP contribution < -0.4 is 10.6 Å². The van der Waals surface area contributed by atoms with Gasteiger partial charge in [0.2, 0.25) is 11.8 Å². The van der Waals surface area contributed by atoms with Crippen LogP contribution in [0.5, 0.6) is 0 Å². The first-order valence-electron chi connectivity index (χ1n) is 12.2. The van der Waals surface area contributed by atoms with Crippen molar-refractivity contribution in [2.45, 2.75) is 66.1 Å². The number of piperidine rings is 1. The molecule has 1 saturated heterocycles. The number of nitriles is 1. The van der Waals surface area contributed by atoms with Crippen molar-refractivity contribution in [2.75, 3.05) is 6.54 Å². The first-order valence-corrected chi connectivity index (χ1v) is 13.0. The quantitative estimate of drug-likeness (QED) is 0.635. The van der Waals surface area contributed by atoms with Gasteiger partial charge in [-0.2, -0.15) is 5.26 Å². The lowest BCUT2D eigenvalue weighted by atomic mass is 9.85. The number of carbonyl (C=O) groups is 3. The lowest BCUT2D eigenvalue weighted by Gasteiger charge is -2.37. The minimum Gasteiger partial charge on any atom is -0.339 e. The van der Waals surface area contributed by atoms with Gasteiger partial charge in [0.1, 0.15) is 18.1 Å². The van der Waals surface area contributed by atoms with Crippen LogP contribution in [0.3, 0.4) is 0 Å². The number of likely N-dealkylation sites (tertiary alicyclic amines) is 1. The van der Waals surface area contributed by atoms with Crippen molar-refractivity contribution in [2.24, 2.45) is 22.7 Å². The molecule has 3 amide bonds. The summed E-state index contributed by atoms with van der Waals surface area (Å²) in [5.74, 6) is -0.557.